The molecule has 0 aliphatic carbocycles. The minimum atomic E-state index is 1.06. The van der Waals surface area contributed by atoms with Crippen molar-refractivity contribution in [1.82, 2.24) is 9.99 Å². The normalized spacial score (nSPS) is 8.67. The molecule has 0 aromatic heterocycles. The molecule has 0 saturated carbocycles. The second kappa shape index (κ2) is 11.2. The fourth-order valence-corrected chi connectivity index (χ4v) is 0.417. The Morgan fingerprint density at radius 1 is 1.44 bits per heavy atom. The number of nitrogens with one attached hydrogen (secondary N) is 1. The Labute approximate surface area is 61.3 Å². The Hall–Kier alpha value is 0.350. The number of rotatable bonds is 3. The van der Waals surface area contributed by atoms with Gasteiger partial charge < -0.3 is 5.32 Å². The van der Waals surface area contributed by atoms with Crippen LogP contribution in [0.4, 0.5) is 0 Å². The minimum Gasteiger partial charge on any atom is -0.318 e. The van der Waals surface area contributed by atoms with E-state index in [4.69, 9.17) is 0 Å². The first-order chi connectivity index (χ1) is 4.27. The van der Waals surface area contributed by atoms with E-state index in [1.807, 2.05) is 27.9 Å². The summed E-state index contributed by atoms with van der Waals surface area (Å²) in [7, 11) is 6.58. The van der Waals surface area contributed by atoms with E-state index in [0.29, 0.717) is 0 Å². The molecule has 0 radical (unpaired) electrons. The third kappa shape index (κ3) is 17.8. The summed E-state index contributed by atoms with van der Waals surface area (Å²) in [5.41, 5.74) is 0. The SMILES string of the molecule is CC.CNCCN(C)P. The molecule has 0 aromatic rings. The summed E-state index contributed by atoms with van der Waals surface area (Å²) in [5, 5.41) is 3.04. The molecule has 0 amide bonds. The molecule has 1 unspecified atom stereocenters. The Balaban J connectivity index is 0. The molecule has 3 heteroatoms. The molecule has 0 bridgehead atoms. The van der Waals surface area contributed by atoms with Crippen molar-refractivity contribution in [2.24, 2.45) is 0 Å². The number of likely N-dealkylation sites (N-methyl/N-ethyl adjacent to an activating group) is 2. The summed E-state index contributed by atoms with van der Waals surface area (Å²) < 4.78 is 2.07. The third-order valence-corrected chi connectivity index (χ3v) is 0.973. The van der Waals surface area contributed by atoms with E-state index >= 15 is 0 Å². The molecule has 2 nitrogen and oxygen atoms in total. The maximum absolute atomic E-state index is 3.04. The molecule has 1 atom stereocenters. The fraction of sp³-hybridized carbons (Fsp3) is 1.00. The van der Waals surface area contributed by atoms with Crippen molar-refractivity contribution in [2.75, 3.05) is 27.2 Å². The van der Waals surface area contributed by atoms with Crippen LogP contribution in [-0.2, 0) is 0 Å². The van der Waals surface area contributed by atoms with Gasteiger partial charge in [-0.3, -0.25) is 4.67 Å². The molecule has 0 aliphatic rings. The van der Waals surface area contributed by atoms with Gasteiger partial charge in [0.2, 0.25) is 0 Å². The van der Waals surface area contributed by atoms with Crippen molar-refractivity contribution in [3.63, 3.8) is 0 Å². The van der Waals surface area contributed by atoms with Crippen LogP contribution in [0.3, 0.4) is 0 Å². The lowest BCUT2D eigenvalue weighted by atomic mass is 10.6. The highest BCUT2D eigenvalue weighted by atomic mass is 31.0. The Morgan fingerprint density at radius 2 is 1.89 bits per heavy atom. The Morgan fingerprint density at radius 3 is 2.00 bits per heavy atom. The van der Waals surface area contributed by atoms with E-state index in [0.717, 1.165) is 13.1 Å². The van der Waals surface area contributed by atoms with Crippen LogP contribution in [0.5, 0.6) is 0 Å². The van der Waals surface area contributed by atoms with Gasteiger partial charge in [0.1, 0.15) is 0 Å². The van der Waals surface area contributed by atoms with Gasteiger partial charge in [0, 0.05) is 13.1 Å². The molecule has 0 spiro atoms. The molecule has 1 N–H and O–H groups in total. The van der Waals surface area contributed by atoms with Gasteiger partial charge in [-0.15, -0.1) is 0 Å². The quantitative estimate of drug-likeness (QED) is 0.603. The lowest BCUT2D eigenvalue weighted by Crippen LogP contribution is -2.19. The Kier molecular flexibility index (Phi) is 15.0. The average Bonchev–Trinajstić information content (AvgIpc) is 1.88. The van der Waals surface area contributed by atoms with Crippen LogP contribution >= 0.6 is 9.39 Å². The number of hydrogen-bond donors (Lipinski definition) is 1. The molecule has 0 aromatic carbocycles. The standard InChI is InChI=1S/C4H13N2P.C2H6/c1-5-3-4-6(2)7;1-2/h5H,3-4,7H2,1-2H3;1-2H3. The van der Waals surface area contributed by atoms with Crippen LogP contribution in [-0.4, -0.2) is 31.9 Å². The molecule has 0 fully saturated rings. The maximum atomic E-state index is 3.04. The summed E-state index contributed by atoms with van der Waals surface area (Å²) in [5.74, 6) is 0. The summed E-state index contributed by atoms with van der Waals surface area (Å²) in [6.45, 7) is 6.14. The van der Waals surface area contributed by atoms with Crippen molar-refractivity contribution in [3.8, 4) is 0 Å². The van der Waals surface area contributed by atoms with Gasteiger partial charge in [-0.25, -0.2) is 0 Å². The predicted molar refractivity (Wildman–Crippen MR) is 47.6 cm³/mol. The first-order valence-corrected chi connectivity index (χ1v) is 3.89. The van der Waals surface area contributed by atoms with E-state index in [9.17, 15) is 0 Å². The van der Waals surface area contributed by atoms with Crippen molar-refractivity contribution < 1.29 is 0 Å². The first-order valence-electron chi connectivity index (χ1n) is 3.38. The molecule has 0 aliphatic heterocycles. The van der Waals surface area contributed by atoms with Gasteiger partial charge in [-0.1, -0.05) is 23.2 Å². The van der Waals surface area contributed by atoms with Crippen molar-refractivity contribution in [1.29, 1.82) is 0 Å². The van der Waals surface area contributed by atoms with Crippen molar-refractivity contribution in [2.45, 2.75) is 13.8 Å². The second-order valence-corrected chi connectivity index (χ2v) is 2.47. The van der Waals surface area contributed by atoms with Crippen LogP contribution in [0.1, 0.15) is 13.8 Å². The molecule has 58 valence electrons. The zero-order valence-electron chi connectivity index (χ0n) is 6.94. The molecule has 0 saturated heterocycles. The molecule has 9 heavy (non-hydrogen) atoms. The smallest absolute Gasteiger partial charge is 0.0138 e. The highest BCUT2D eigenvalue weighted by molar-refractivity contribution is 7.13. The predicted octanol–water partition coefficient (Wildman–Crippen LogP) is 0.954. The highest BCUT2D eigenvalue weighted by Gasteiger charge is 1.83. The summed E-state index contributed by atoms with van der Waals surface area (Å²) in [6, 6.07) is 0. The van der Waals surface area contributed by atoms with Gasteiger partial charge in [0.05, 0.1) is 0 Å². The van der Waals surface area contributed by atoms with Gasteiger partial charge >= 0.3 is 0 Å². The van der Waals surface area contributed by atoms with E-state index in [1.165, 1.54) is 0 Å². The van der Waals surface area contributed by atoms with Gasteiger partial charge in [0.15, 0.2) is 0 Å². The maximum Gasteiger partial charge on any atom is 0.0138 e. The summed E-state index contributed by atoms with van der Waals surface area (Å²) in [6.07, 6.45) is 0. The zero-order valence-corrected chi connectivity index (χ0v) is 8.09. The molecule has 0 heterocycles. The second-order valence-electron chi connectivity index (χ2n) is 1.58. The monoisotopic (exact) mass is 150 g/mol. The minimum absolute atomic E-state index is 1.06. The van der Waals surface area contributed by atoms with Gasteiger partial charge in [-0.05, 0) is 14.1 Å². The third-order valence-electron chi connectivity index (χ3n) is 0.715. The van der Waals surface area contributed by atoms with Crippen LogP contribution < -0.4 is 5.32 Å². The average molecular weight is 150 g/mol. The summed E-state index contributed by atoms with van der Waals surface area (Å²) >= 11 is 0. The molecular formula is C6H19N2P. The number of nitrogens with zero attached hydrogens (tertiary/aromatic N) is 1. The molecular weight excluding hydrogens is 131 g/mol. The van der Waals surface area contributed by atoms with E-state index in [2.05, 4.69) is 19.4 Å². The van der Waals surface area contributed by atoms with Crippen molar-refractivity contribution in [3.05, 3.63) is 0 Å². The van der Waals surface area contributed by atoms with Crippen LogP contribution in [0.2, 0.25) is 0 Å². The van der Waals surface area contributed by atoms with Crippen LogP contribution in [0.25, 0.3) is 0 Å². The zero-order chi connectivity index (χ0) is 7.70. The van der Waals surface area contributed by atoms with E-state index < -0.39 is 0 Å². The number of hydrogen-bond acceptors (Lipinski definition) is 2. The topological polar surface area (TPSA) is 15.3 Å². The van der Waals surface area contributed by atoms with Gasteiger partial charge in [0.25, 0.3) is 0 Å². The first kappa shape index (κ1) is 12.1. The van der Waals surface area contributed by atoms with Crippen molar-refractivity contribution >= 4 is 9.39 Å². The van der Waals surface area contributed by atoms with Crippen LogP contribution in [0, 0.1) is 0 Å². The Bertz CT molecular complexity index is 40.0. The van der Waals surface area contributed by atoms with Crippen LogP contribution in [0.15, 0.2) is 0 Å². The fourth-order valence-electron chi connectivity index (χ4n) is 0.288. The molecule has 0 rings (SSSR count). The summed E-state index contributed by atoms with van der Waals surface area (Å²) in [4.78, 5) is 0. The largest absolute Gasteiger partial charge is 0.318 e. The van der Waals surface area contributed by atoms with E-state index in [-0.39, 0.29) is 0 Å². The van der Waals surface area contributed by atoms with Gasteiger partial charge in [-0.2, -0.15) is 0 Å². The highest BCUT2D eigenvalue weighted by Crippen LogP contribution is 1.86. The van der Waals surface area contributed by atoms with E-state index in [1.54, 1.807) is 0 Å². The lowest BCUT2D eigenvalue weighted by molar-refractivity contribution is 0.548. The lowest BCUT2D eigenvalue weighted by Gasteiger charge is -2.06.